The van der Waals surface area contributed by atoms with Crippen LogP contribution in [0.4, 0.5) is 0 Å². The van der Waals surface area contributed by atoms with E-state index in [0.717, 1.165) is 34.7 Å². The van der Waals surface area contributed by atoms with Crippen LogP contribution in [0.3, 0.4) is 0 Å². The van der Waals surface area contributed by atoms with Crippen LogP contribution < -0.4 is 0 Å². The second-order valence-electron chi connectivity index (χ2n) is 5.72. The molecule has 2 bridgehead atoms. The van der Waals surface area contributed by atoms with Crippen LogP contribution in [-0.4, -0.2) is 10.2 Å². The summed E-state index contributed by atoms with van der Waals surface area (Å²) in [5, 5.41) is 22.6. The van der Waals surface area contributed by atoms with Crippen molar-refractivity contribution in [2.24, 2.45) is 5.92 Å². The first-order valence-corrected chi connectivity index (χ1v) is 6.66. The van der Waals surface area contributed by atoms with Crippen molar-refractivity contribution in [1.29, 1.82) is 0 Å². The van der Waals surface area contributed by atoms with E-state index >= 15 is 0 Å². The van der Waals surface area contributed by atoms with E-state index in [1.807, 2.05) is 24.3 Å². The summed E-state index contributed by atoms with van der Waals surface area (Å²) in [6, 6.07) is 7.59. The monoisotopic (exact) mass is 240 g/mol. The highest BCUT2D eigenvalue weighted by molar-refractivity contribution is 5.96. The molecule has 2 nitrogen and oxygen atoms in total. The third-order valence-corrected chi connectivity index (χ3v) is 5.04. The molecule has 92 valence electrons. The van der Waals surface area contributed by atoms with Gasteiger partial charge in [-0.1, -0.05) is 31.2 Å². The third kappa shape index (κ3) is 1.000. The predicted molar refractivity (Wildman–Crippen MR) is 71.2 cm³/mol. The molecule has 0 amide bonds. The lowest BCUT2D eigenvalue weighted by molar-refractivity contribution is 0.452. The molecule has 4 rings (SSSR count). The van der Waals surface area contributed by atoms with E-state index in [0.29, 0.717) is 29.3 Å². The lowest BCUT2D eigenvalue weighted by atomic mass is 9.87. The summed E-state index contributed by atoms with van der Waals surface area (Å²) in [6.07, 6.45) is 2.29. The maximum atomic E-state index is 10.5. The molecule has 1 fully saturated rings. The summed E-state index contributed by atoms with van der Waals surface area (Å²) in [6.45, 7) is 2.24. The maximum absolute atomic E-state index is 10.5. The Hall–Kier alpha value is -1.70. The fourth-order valence-electron chi connectivity index (χ4n) is 4.17. The van der Waals surface area contributed by atoms with Gasteiger partial charge in [-0.2, -0.15) is 0 Å². The molecule has 2 aromatic carbocycles. The van der Waals surface area contributed by atoms with E-state index in [1.54, 1.807) is 0 Å². The highest BCUT2D eigenvalue weighted by Crippen LogP contribution is 2.63. The standard InChI is InChI=1S/C16H16O2/c1-8-9-6-7-10(8)14-13(9)15(17)11-4-2-3-5-12(11)16(14)18/h2-5,8-10,17-18H,6-7H2,1H3. The molecule has 2 aromatic rings. The zero-order chi connectivity index (χ0) is 12.4. The van der Waals surface area contributed by atoms with Crippen molar-refractivity contribution in [2.45, 2.75) is 31.6 Å². The highest BCUT2D eigenvalue weighted by Gasteiger charge is 2.47. The van der Waals surface area contributed by atoms with Gasteiger partial charge in [0.05, 0.1) is 0 Å². The Morgan fingerprint density at radius 2 is 1.33 bits per heavy atom. The molecule has 2 aliphatic rings. The second kappa shape index (κ2) is 3.19. The lowest BCUT2D eigenvalue weighted by Crippen LogP contribution is -1.99. The number of phenolic OH excluding ortho intramolecular Hbond substituents is 2. The van der Waals surface area contributed by atoms with Crippen LogP contribution in [0.25, 0.3) is 10.8 Å². The second-order valence-corrected chi connectivity index (χ2v) is 5.72. The maximum Gasteiger partial charge on any atom is 0.127 e. The molecule has 0 aliphatic heterocycles. The van der Waals surface area contributed by atoms with E-state index in [4.69, 9.17) is 0 Å². The molecule has 0 saturated heterocycles. The van der Waals surface area contributed by atoms with E-state index in [-0.39, 0.29) is 0 Å². The number of benzene rings is 2. The van der Waals surface area contributed by atoms with Gasteiger partial charge in [0, 0.05) is 21.9 Å². The summed E-state index contributed by atoms with van der Waals surface area (Å²) in [7, 11) is 0. The Morgan fingerprint density at radius 1 is 0.889 bits per heavy atom. The predicted octanol–water partition coefficient (Wildman–Crippen LogP) is 3.86. The molecule has 0 aromatic heterocycles. The molecular weight excluding hydrogens is 224 g/mol. The van der Waals surface area contributed by atoms with Crippen LogP contribution >= 0.6 is 0 Å². The van der Waals surface area contributed by atoms with Crippen molar-refractivity contribution >= 4 is 10.8 Å². The summed E-state index contributed by atoms with van der Waals surface area (Å²) in [5.41, 5.74) is 2.05. The fraction of sp³-hybridized carbons (Fsp3) is 0.375. The minimum Gasteiger partial charge on any atom is -0.507 e. The summed E-state index contributed by atoms with van der Waals surface area (Å²) < 4.78 is 0. The molecule has 2 atom stereocenters. The van der Waals surface area contributed by atoms with Crippen LogP contribution in [-0.2, 0) is 0 Å². The van der Waals surface area contributed by atoms with Gasteiger partial charge < -0.3 is 10.2 Å². The van der Waals surface area contributed by atoms with Crippen molar-refractivity contribution in [3.63, 3.8) is 0 Å². The summed E-state index contributed by atoms with van der Waals surface area (Å²) in [5.74, 6) is 2.21. The van der Waals surface area contributed by atoms with Crippen LogP contribution in [0.15, 0.2) is 24.3 Å². The van der Waals surface area contributed by atoms with Crippen molar-refractivity contribution < 1.29 is 10.2 Å². The molecule has 2 unspecified atom stereocenters. The first kappa shape index (κ1) is 10.2. The van der Waals surface area contributed by atoms with Gasteiger partial charge in [-0.25, -0.2) is 0 Å². The van der Waals surface area contributed by atoms with Crippen molar-refractivity contribution in [3.05, 3.63) is 35.4 Å². The summed E-state index contributed by atoms with van der Waals surface area (Å²) >= 11 is 0. The molecular formula is C16H16O2. The number of fused-ring (bicyclic) bond motifs is 6. The Kier molecular flexibility index (Phi) is 1.82. The largest absolute Gasteiger partial charge is 0.507 e. The Bertz CT molecular complexity index is 603. The molecule has 0 heterocycles. The highest BCUT2D eigenvalue weighted by atomic mass is 16.3. The first-order chi connectivity index (χ1) is 8.70. The third-order valence-electron chi connectivity index (χ3n) is 5.04. The minimum atomic E-state index is 0.400. The van der Waals surface area contributed by atoms with E-state index in [2.05, 4.69) is 6.92 Å². The molecule has 18 heavy (non-hydrogen) atoms. The van der Waals surface area contributed by atoms with Gasteiger partial charge in [0.1, 0.15) is 11.5 Å². The van der Waals surface area contributed by atoms with Crippen LogP contribution in [0.2, 0.25) is 0 Å². The normalized spacial score (nSPS) is 28.8. The van der Waals surface area contributed by atoms with Crippen LogP contribution in [0, 0.1) is 5.92 Å². The number of rotatable bonds is 0. The smallest absolute Gasteiger partial charge is 0.127 e. The molecule has 0 spiro atoms. The quantitative estimate of drug-likeness (QED) is 0.686. The van der Waals surface area contributed by atoms with Crippen molar-refractivity contribution in [2.75, 3.05) is 0 Å². The van der Waals surface area contributed by atoms with E-state index < -0.39 is 0 Å². The minimum absolute atomic E-state index is 0.400. The number of hydrogen-bond acceptors (Lipinski definition) is 2. The molecule has 2 aliphatic carbocycles. The molecule has 2 N–H and O–H groups in total. The number of hydrogen-bond donors (Lipinski definition) is 2. The van der Waals surface area contributed by atoms with E-state index in [1.165, 1.54) is 0 Å². The SMILES string of the molecule is CC1C2CCC1c1c2c(O)c2ccccc2c1O. The van der Waals surface area contributed by atoms with Gasteiger partial charge in [-0.05, 0) is 30.6 Å². The molecule has 2 heteroatoms. The van der Waals surface area contributed by atoms with Crippen molar-refractivity contribution in [3.8, 4) is 11.5 Å². The van der Waals surface area contributed by atoms with Gasteiger partial charge in [-0.15, -0.1) is 0 Å². The van der Waals surface area contributed by atoms with Gasteiger partial charge >= 0.3 is 0 Å². The topological polar surface area (TPSA) is 40.5 Å². The van der Waals surface area contributed by atoms with Gasteiger partial charge in [0.25, 0.3) is 0 Å². The molecule has 0 radical (unpaired) electrons. The average Bonchev–Trinajstić information content (AvgIpc) is 2.90. The van der Waals surface area contributed by atoms with Crippen molar-refractivity contribution in [1.82, 2.24) is 0 Å². The van der Waals surface area contributed by atoms with Crippen LogP contribution in [0.5, 0.6) is 11.5 Å². The average molecular weight is 240 g/mol. The molecule has 1 saturated carbocycles. The Labute approximate surface area is 106 Å². The van der Waals surface area contributed by atoms with Crippen LogP contribution in [0.1, 0.15) is 42.7 Å². The van der Waals surface area contributed by atoms with Gasteiger partial charge in [-0.3, -0.25) is 0 Å². The zero-order valence-corrected chi connectivity index (χ0v) is 10.4. The zero-order valence-electron chi connectivity index (χ0n) is 10.4. The number of phenols is 2. The van der Waals surface area contributed by atoms with Gasteiger partial charge in [0.2, 0.25) is 0 Å². The van der Waals surface area contributed by atoms with Gasteiger partial charge in [0.15, 0.2) is 0 Å². The number of aromatic hydroxyl groups is 2. The Balaban J connectivity index is 2.16. The fourth-order valence-corrected chi connectivity index (χ4v) is 4.17. The summed E-state index contributed by atoms with van der Waals surface area (Å²) in [4.78, 5) is 0. The van der Waals surface area contributed by atoms with E-state index in [9.17, 15) is 10.2 Å². The first-order valence-electron chi connectivity index (χ1n) is 6.66. The lowest BCUT2D eigenvalue weighted by Gasteiger charge is -2.19. The Morgan fingerprint density at radius 3 is 1.78 bits per heavy atom.